The van der Waals surface area contributed by atoms with E-state index in [2.05, 4.69) is 0 Å². The van der Waals surface area contributed by atoms with Gasteiger partial charge < -0.3 is 0 Å². The molecule has 0 amide bonds. The van der Waals surface area contributed by atoms with Crippen molar-refractivity contribution in [2.24, 2.45) is 11.3 Å². The van der Waals surface area contributed by atoms with E-state index in [9.17, 15) is 13.2 Å². The van der Waals surface area contributed by atoms with E-state index in [4.69, 9.17) is 0 Å². The lowest BCUT2D eigenvalue weighted by Gasteiger charge is -2.31. The van der Waals surface area contributed by atoms with E-state index in [-0.39, 0.29) is 5.41 Å². The summed E-state index contributed by atoms with van der Waals surface area (Å²) in [6.45, 7) is 7.11. The molecule has 0 aromatic heterocycles. The lowest BCUT2D eigenvalue weighted by molar-refractivity contribution is -0.126. The van der Waals surface area contributed by atoms with E-state index in [0.717, 1.165) is 25.7 Å². The fourth-order valence-corrected chi connectivity index (χ4v) is 3.43. The van der Waals surface area contributed by atoms with Gasteiger partial charge in [0.05, 0.1) is 6.26 Å². The van der Waals surface area contributed by atoms with Crippen LogP contribution in [0.2, 0.25) is 0 Å². The summed E-state index contributed by atoms with van der Waals surface area (Å²) in [5.74, 6) is 0.708. The zero-order chi connectivity index (χ0) is 14.7. The van der Waals surface area contributed by atoms with Crippen LogP contribution in [-0.2, 0) is 14.8 Å². The minimum absolute atomic E-state index is 0.259. The highest BCUT2D eigenvalue weighted by atomic mass is 32.2. The Labute approximate surface area is 117 Å². The summed E-state index contributed by atoms with van der Waals surface area (Å²) in [6, 6.07) is 0. The van der Waals surface area contributed by atoms with Crippen LogP contribution in [0.1, 0.15) is 52.9 Å². The van der Waals surface area contributed by atoms with Crippen molar-refractivity contribution in [3.05, 3.63) is 0 Å². The Bertz CT molecular complexity index is 409. The van der Waals surface area contributed by atoms with E-state index in [1.807, 2.05) is 20.8 Å². The molecule has 0 bridgehead atoms. The molecule has 4 nitrogen and oxygen atoms in total. The summed E-state index contributed by atoms with van der Waals surface area (Å²) < 4.78 is 24.6. The highest BCUT2D eigenvalue weighted by Gasteiger charge is 2.26. The average molecular weight is 289 g/mol. The van der Waals surface area contributed by atoms with E-state index in [1.54, 1.807) is 4.31 Å². The molecule has 0 aliphatic carbocycles. The molecule has 0 N–H and O–H groups in total. The van der Waals surface area contributed by atoms with Crippen LogP contribution in [0.3, 0.4) is 0 Å². The molecule has 1 saturated heterocycles. The maximum absolute atomic E-state index is 11.8. The van der Waals surface area contributed by atoms with Crippen molar-refractivity contribution in [3.63, 3.8) is 0 Å². The third-order valence-corrected chi connectivity index (χ3v) is 5.07. The smallest absolute Gasteiger partial charge is 0.211 e. The molecular formula is C14H27NO3S. The van der Waals surface area contributed by atoms with Gasteiger partial charge in [0.15, 0.2) is 0 Å². The quantitative estimate of drug-likeness (QED) is 0.781. The zero-order valence-electron chi connectivity index (χ0n) is 12.6. The Morgan fingerprint density at radius 3 is 2.47 bits per heavy atom. The number of hydrogen-bond donors (Lipinski definition) is 0. The Morgan fingerprint density at radius 1 is 1.32 bits per heavy atom. The molecule has 1 atom stereocenters. The van der Waals surface area contributed by atoms with Gasteiger partial charge in [0.1, 0.15) is 5.78 Å². The topological polar surface area (TPSA) is 54.5 Å². The number of Topliss-reactive ketones (excluding diaryl/α,β-unsaturated/α-hetero) is 1. The number of carbonyl (C=O) groups is 1. The fraction of sp³-hybridized carbons (Fsp3) is 0.929. The second-order valence-electron chi connectivity index (χ2n) is 6.69. The molecule has 0 aromatic rings. The molecule has 1 aliphatic heterocycles. The minimum atomic E-state index is -3.06. The minimum Gasteiger partial charge on any atom is -0.299 e. The molecule has 0 spiro atoms. The van der Waals surface area contributed by atoms with Crippen LogP contribution in [0.15, 0.2) is 0 Å². The van der Waals surface area contributed by atoms with Gasteiger partial charge in [-0.3, -0.25) is 4.79 Å². The first-order valence-corrected chi connectivity index (χ1v) is 8.94. The Hall–Kier alpha value is -0.420. The van der Waals surface area contributed by atoms with E-state index >= 15 is 0 Å². The first-order chi connectivity index (χ1) is 8.60. The monoisotopic (exact) mass is 289 g/mol. The van der Waals surface area contributed by atoms with Crippen LogP contribution in [0.4, 0.5) is 0 Å². The average Bonchev–Trinajstić information content (AvgIpc) is 2.27. The first kappa shape index (κ1) is 16.6. The van der Waals surface area contributed by atoms with Crippen LogP contribution in [-0.4, -0.2) is 37.9 Å². The SMILES string of the molecule is CC(C)(C)C(=O)CCCC1CCCN(S(C)(=O)=O)C1. The van der Waals surface area contributed by atoms with Gasteiger partial charge in [0.2, 0.25) is 10.0 Å². The Morgan fingerprint density at radius 2 is 1.95 bits per heavy atom. The summed E-state index contributed by atoms with van der Waals surface area (Å²) in [5.41, 5.74) is -0.259. The van der Waals surface area contributed by atoms with Crippen LogP contribution in [0.25, 0.3) is 0 Å². The lowest BCUT2D eigenvalue weighted by atomic mass is 9.86. The van der Waals surface area contributed by atoms with Crippen LogP contribution in [0, 0.1) is 11.3 Å². The number of rotatable bonds is 5. The lowest BCUT2D eigenvalue weighted by Crippen LogP contribution is -2.39. The normalized spacial score (nSPS) is 22.4. The van der Waals surface area contributed by atoms with E-state index < -0.39 is 10.0 Å². The molecule has 1 heterocycles. The summed E-state index contributed by atoms with van der Waals surface area (Å²) in [5, 5.41) is 0. The summed E-state index contributed by atoms with van der Waals surface area (Å²) in [6.07, 6.45) is 5.73. The largest absolute Gasteiger partial charge is 0.299 e. The van der Waals surface area contributed by atoms with Gasteiger partial charge in [0, 0.05) is 24.9 Å². The number of ketones is 1. The second-order valence-corrected chi connectivity index (χ2v) is 8.68. The molecule has 0 aromatic carbocycles. The molecule has 1 fully saturated rings. The van der Waals surface area contributed by atoms with Gasteiger partial charge in [-0.1, -0.05) is 20.8 Å². The molecule has 1 unspecified atom stereocenters. The molecule has 0 radical (unpaired) electrons. The maximum Gasteiger partial charge on any atom is 0.211 e. The third-order valence-electron chi connectivity index (χ3n) is 3.80. The highest BCUT2D eigenvalue weighted by Crippen LogP contribution is 2.25. The van der Waals surface area contributed by atoms with Gasteiger partial charge in [-0.2, -0.15) is 0 Å². The number of sulfonamides is 1. The van der Waals surface area contributed by atoms with Crippen molar-refractivity contribution in [3.8, 4) is 0 Å². The molecule has 1 rings (SSSR count). The standard InChI is InChI=1S/C14H27NO3S/c1-14(2,3)13(16)9-5-7-12-8-6-10-15(11-12)19(4,17)18/h12H,5-11H2,1-4H3. The van der Waals surface area contributed by atoms with Crippen molar-refractivity contribution in [1.29, 1.82) is 0 Å². The summed E-state index contributed by atoms with van der Waals surface area (Å²) in [7, 11) is -3.06. The number of hydrogen-bond acceptors (Lipinski definition) is 3. The predicted molar refractivity (Wildman–Crippen MR) is 77.5 cm³/mol. The maximum atomic E-state index is 11.8. The zero-order valence-corrected chi connectivity index (χ0v) is 13.4. The number of nitrogens with zero attached hydrogens (tertiary/aromatic N) is 1. The summed E-state index contributed by atoms with van der Waals surface area (Å²) >= 11 is 0. The Kier molecular flexibility index (Phi) is 5.56. The van der Waals surface area contributed by atoms with Gasteiger partial charge in [0.25, 0.3) is 0 Å². The molecular weight excluding hydrogens is 262 g/mol. The van der Waals surface area contributed by atoms with Crippen LogP contribution < -0.4 is 0 Å². The van der Waals surface area contributed by atoms with Crippen molar-refractivity contribution in [2.75, 3.05) is 19.3 Å². The Balaban J connectivity index is 2.36. The van der Waals surface area contributed by atoms with E-state index in [1.165, 1.54) is 6.26 Å². The molecule has 1 aliphatic rings. The van der Waals surface area contributed by atoms with Crippen molar-refractivity contribution < 1.29 is 13.2 Å². The van der Waals surface area contributed by atoms with Crippen LogP contribution in [0.5, 0.6) is 0 Å². The van der Waals surface area contributed by atoms with E-state index in [0.29, 0.717) is 31.2 Å². The summed E-state index contributed by atoms with van der Waals surface area (Å²) in [4.78, 5) is 11.8. The molecule has 112 valence electrons. The van der Waals surface area contributed by atoms with Gasteiger partial charge in [-0.25, -0.2) is 12.7 Å². The highest BCUT2D eigenvalue weighted by molar-refractivity contribution is 7.88. The second kappa shape index (κ2) is 6.35. The first-order valence-electron chi connectivity index (χ1n) is 7.09. The van der Waals surface area contributed by atoms with Crippen molar-refractivity contribution in [1.82, 2.24) is 4.31 Å². The van der Waals surface area contributed by atoms with Gasteiger partial charge in [-0.15, -0.1) is 0 Å². The predicted octanol–water partition coefficient (Wildman–Crippen LogP) is 2.44. The number of piperidine rings is 1. The number of carbonyl (C=O) groups excluding carboxylic acids is 1. The van der Waals surface area contributed by atoms with Crippen molar-refractivity contribution in [2.45, 2.75) is 52.9 Å². The molecule has 5 heteroatoms. The molecule has 0 saturated carbocycles. The fourth-order valence-electron chi connectivity index (χ4n) is 2.49. The van der Waals surface area contributed by atoms with Crippen LogP contribution >= 0.6 is 0 Å². The van der Waals surface area contributed by atoms with Gasteiger partial charge >= 0.3 is 0 Å². The van der Waals surface area contributed by atoms with Crippen molar-refractivity contribution >= 4 is 15.8 Å². The van der Waals surface area contributed by atoms with Gasteiger partial charge in [-0.05, 0) is 31.6 Å². The molecule has 19 heavy (non-hydrogen) atoms. The third kappa shape index (κ3) is 5.61.